The van der Waals surface area contributed by atoms with E-state index in [1.54, 1.807) is 0 Å². The van der Waals surface area contributed by atoms with Crippen LogP contribution in [0.2, 0.25) is 0 Å². The molecule has 2 atom stereocenters. The molecule has 0 spiro atoms. The Morgan fingerprint density at radius 3 is 3.00 bits per heavy atom. The Kier molecular flexibility index (Phi) is 3.34. The molecule has 3 N–H and O–H groups in total. The third-order valence-electron chi connectivity index (χ3n) is 2.21. The highest BCUT2D eigenvalue weighted by atomic mass is 16.4. The van der Waals surface area contributed by atoms with Crippen molar-refractivity contribution >= 4 is 6.09 Å². The summed E-state index contributed by atoms with van der Waals surface area (Å²) in [6, 6.07) is 0.851. The molecule has 70 valence electrons. The Hall–Kier alpha value is -0.770. The molecule has 1 aliphatic heterocycles. The van der Waals surface area contributed by atoms with Gasteiger partial charge in [-0.3, -0.25) is 0 Å². The van der Waals surface area contributed by atoms with Crippen LogP contribution in [0.3, 0.4) is 0 Å². The van der Waals surface area contributed by atoms with Crippen molar-refractivity contribution in [2.24, 2.45) is 0 Å². The van der Waals surface area contributed by atoms with Crippen LogP contribution in [-0.4, -0.2) is 29.8 Å². The molecule has 0 saturated carbocycles. The summed E-state index contributed by atoms with van der Waals surface area (Å²) in [6.07, 6.45) is 2.53. The van der Waals surface area contributed by atoms with E-state index in [2.05, 4.69) is 17.6 Å². The van der Waals surface area contributed by atoms with Gasteiger partial charge in [0.05, 0.1) is 0 Å². The van der Waals surface area contributed by atoms with Crippen molar-refractivity contribution in [1.82, 2.24) is 10.6 Å². The molecule has 0 aromatic rings. The van der Waals surface area contributed by atoms with E-state index >= 15 is 0 Å². The van der Waals surface area contributed by atoms with E-state index in [0.29, 0.717) is 18.6 Å². The molecule has 0 aromatic heterocycles. The van der Waals surface area contributed by atoms with Gasteiger partial charge in [0.15, 0.2) is 0 Å². The van der Waals surface area contributed by atoms with Crippen LogP contribution in [0.25, 0.3) is 0 Å². The molecule has 2 unspecified atom stereocenters. The molecule has 4 heteroatoms. The van der Waals surface area contributed by atoms with Crippen molar-refractivity contribution in [3.05, 3.63) is 0 Å². The molecule has 0 aromatic carbocycles. The van der Waals surface area contributed by atoms with Crippen LogP contribution in [0.5, 0.6) is 0 Å². The van der Waals surface area contributed by atoms with Gasteiger partial charge in [0.2, 0.25) is 0 Å². The minimum atomic E-state index is -0.935. The number of carbonyl (C=O) groups is 1. The molecular formula is C8H16N2O2. The predicted octanol–water partition coefficient (Wildman–Crippen LogP) is 0.785. The van der Waals surface area contributed by atoms with Gasteiger partial charge in [-0.2, -0.15) is 0 Å². The number of nitrogens with one attached hydrogen (secondary N) is 2. The van der Waals surface area contributed by atoms with Crippen molar-refractivity contribution in [1.29, 1.82) is 0 Å². The summed E-state index contributed by atoms with van der Waals surface area (Å²) in [6.45, 7) is 2.66. The Morgan fingerprint density at radius 2 is 2.42 bits per heavy atom. The lowest BCUT2D eigenvalue weighted by atomic mass is 10.00. The summed E-state index contributed by atoms with van der Waals surface area (Å²) < 4.78 is 0. The fourth-order valence-corrected chi connectivity index (χ4v) is 1.61. The predicted molar refractivity (Wildman–Crippen MR) is 46.3 cm³/mol. The maximum absolute atomic E-state index is 10.2. The first-order valence-corrected chi connectivity index (χ1v) is 4.41. The second-order valence-corrected chi connectivity index (χ2v) is 3.38. The quantitative estimate of drug-likeness (QED) is 0.577. The maximum Gasteiger partial charge on any atom is 0.404 e. The zero-order chi connectivity index (χ0) is 8.97. The summed E-state index contributed by atoms with van der Waals surface area (Å²) in [4.78, 5) is 10.2. The summed E-state index contributed by atoms with van der Waals surface area (Å²) in [5.74, 6) is 0. The number of carboxylic acid groups (broad SMARTS) is 1. The molecule has 0 radical (unpaired) electrons. The fourth-order valence-electron chi connectivity index (χ4n) is 1.61. The molecule has 1 saturated heterocycles. The highest BCUT2D eigenvalue weighted by molar-refractivity contribution is 5.64. The maximum atomic E-state index is 10.2. The van der Waals surface area contributed by atoms with Crippen LogP contribution in [0, 0.1) is 0 Å². The lowest BCUT2D eigenvalue weighted by Gasteiger charge is -2.28. The standard InChI is InChI=1S/C8H16N2O2/c1-6-3-2-4-7(10-6)5-9-8(11)12/h6-7,9-10H,2-5H2,1H3,(H,11,12). The van der Waals surface area contributed by atoms with E-state index in [1.807, 2.05) is 0 Å². The number of rotatable bonds is 2. The molecule has 1 aliphatic rings. The number of hydrogen-bond donors (Lipinski definition) is 3. The van der Waals surface area contributed by atoms with E-state index in [1.165, 1.54) is 12.8 Å². The number of amides is 1. The summed E-state index contributed by atoms with van der Waals surface area (Å²) in [7, 11) is 0. The minimum absolute atomic E-state index is 0.324. The summed E-state index contributed by atoms with van der Waals surface area (Å²) in [5, 5.41) is 14.1. The lowest BCUT2D eigenvalue weighted by Crippen LogP contribution is -2.47. The third kappa shape index (κ3) is 3.09. The SMILES string of the molecule is CC1CCCC(CNC(=O)O)N1. The van der Waals surface area contributed by atoms with Gasteiger partial charge in [-0.05, 0) is 19.8 Å². The van der Waals surface area contributed by atoms with Gasteiger partial charge in [-0.15, -0.1) is 0 Å². The van der Waals surface area contributed by atoms with Crippen LogP contribution in [0.4, 0.5) is 4.79 Å². The molecule has 1 fully saturated rings. The molecule has 4 nitrogen and oxygen atoms in total. The summed E-state index contributed by atoms with van der Waals surface area (Å²) in [5.41, 5.74) is 0. The van der Waals surface area contributed by atoms with Crippen molar-refractivity contribution in [2.45, 2.75) is 38.3 Å². The zero-order valence-electron chi connectivity index (χ0n) is 7.34. The van der Waals surface area contributed by atoms with Crippen molar-refractivity contribution in [3.8, 4) is 0 Å². The molecule has 0 aliphatic carbocycles. The Balaban J connectivity index is 2.18. The van der Waals surface area contributed by atoms with Gasteiger partial charge in [0.25, 0.3) is 0 Å². The number of hydrogen-bond acceptors (Lipinski definition) is 2. The van der Waals surface area contributed by atoms with Gasteiger partial charge in [0.1, 0.15) is 0 Å². The van der Waals surface area contributed by atoms with Crippen LogP contribution in [0.1, 0.15) is 26.2 Å². The zero-order valence-corrected chi connectivity index (χ0v) is 7.34. The largest absolute Gasteiger partial charge is 0.465 e. The van der Waals surface area contributed by atoms with Crippen molar-refractivity contribution in [3.63, 3.8) is 0 Å². The van der Waals surface area contributed by atoms with E-state index in [0.717, 1.165) is 6.42 Å². The van der Waals surface area contributed by atoms with E-state index in [9.17, 15) is 4.79 Å². The smallest absolute Gasteiger partial charge is 0.404 e. The van der Waals surface area contributed by atoms with E-state index < -0.39 is 6.09 Å². The molecule has 12 heavy (non-hydrogen) atoms. The minimum Gasteiger partial charge on any atom is -0.465 e. The molecule has 1 amide bonds. The average Bonchev–Trinajstić information content (AvgIpc) is 2.01. The van der Waals surface area contributed by atoms with E-state index in [4.69, 9.17) is 5.11 Å². The third-order valence-corrected chi connectivity index (χ3v) is 2.21. The van der Waals surface area contributed by atoms with Gasteiger partial charge >= 0.3 is 6.09 Å². The molecular weight excluding hydrogens is 156 g/mol. The first-order chi connectivity index (χ1) is 5.68. The van der Waals surface area contributed by atoms with Gasteiger partial charge in [-0.25, -0.2) is 4.79 Å². The van der Waals surface area contributed by atoms with Gasteiger partial charge in [-0.1, -0.05) is 6.42 Å². The van der Waals surface area contributed by atoms with Crippen LogP contribution in [-0.2, 0) is 0 Å². The average molecular weight is 172 g/mol. The van der Waals surface area contributed by atoms with Crippen LogP contribution >= 0.6 is 0 Å². The fraction of sp³-hybridized carbons (Fsp3) is 0.875. The van der Waals surface area contributed by atoms with Crippen LogP contribution in [0.15, 0.2) is 0 Å². The Morgan fingerprint density at radius 1 is 1.67 bits per heavy atom. The molecule has 1 rings (SSSR count). The highest BCUT2D eigenvalue weighted by Gasteiger charge is 2.17. The highest BCUT2D eigenvalue weighted by Crippen LogP contribution is 2.11. The Bertz CT molecular complexity index is 161. The van der Waals surface area contributed by atoms with Crippen molar-refractivity contribution < 1.29 is 9.90 Å². The summed E-state index contributed by atoms with van der Waals surface area (Å²) >= 11 is 0. The van der Waals surface area contributed by atoms with E-state index in [-0.39, 0.29) is 0 Å². The first-order valence-electron chi connectivity index (χ1n) is 4.41. The monoisotopic (exact) mass is 172 g/mol. The first kappa shape index (κ1) is 9.32. The van der Waals surface area contributed by atoms with Crippen molar-refractivity contribution in [2.75, 3.05) is 6.54 Å². The second kappa shape index (κ2) is 4.30. The lowest BCUT2D eigenvalue weighted by molar-refractivity contribution is 0.191. The normalized spacial score (nSPS) is 29.8. The molecule has 1 heterocycles. The second-order valence-electron chi connectivity index (χ2n) is 3.38. The number of piperidine rings is 1. The van der Waals surface area contributed by atoms with Gasteiger partial charge < -0.3 is 15.7 Å². The Labute approximate surface area is 72.3 Å². The van der Waals surface area contributed by atoms with Gasteiger partial charge in [0, 0.05) is 18.6 Å². The molecule has 0 bridgehead atoms. The van der Waals surface area contributed by atoms with Crippen LogP contribution < -0.4 is 10.6 Å². The topological polar surface area (TPSA) is 61.4 Å².